The fourth-order valence-electron chi connectivity index (χ4n) is 2.72. The number of thioether (sulfide) groups is 1. The smallest absolute Gasteiger partial charge is 0.0409 e. The van der Waals surface area contributed by atoms with Crippen LogP contribution >= 0.6 is 23.4 Å². The Morgan fingerprint density at radius 3 is 3.00 bits per heavy atom. The summed E-state index contributed by atoms with van der Waals surface area (Å²) in [6.07, 6.45) is 4.03. The number of hydrogen-bond donors (Lipinski definition) is 1. The van der Waals surface area contributed by atoms with Gasteiger partial charge in [-0.3, -0.25) is 0 Å². The van der Waals surface area contributed by atoms with Gasteiger partial charge in [-0.25, -0.2) is 0 Å². The van der Waals surface area contributed by atoms with Crippen LogP contribution in [0.3, 0.4) is 0 Å². The molecule has 0 saturated heterocycles. The molecule has 100 valence electrons. The Bertz CT molecular complexity index is 383. The SMILES string of the molecule is CCSC1CCCC1NC(C)c1cccc(Cl)c1. The summed E-state index contributed by atoms with van der Waals surface area (Å²) in [5.41, 5.74) is 1.29. The van der Waals surface area contributed by atoms with Crippen molar-refractivity contribution in [1.82, 2.24) is 5.32 Å². The monoisotopic (exact) mass is 283 g/mol. The summed E-state index contributed by atoms with van der Waals surface area (Å²) in [6, 6.07) is 9.22. The number of halogens is 1. The first-order chi connectivity index (χ1) is 8.70. The highest BCUT2D eigenvalue weighted by molar-refractivity contribution is 7.99. The summed E-state index contributed by atoms with van der Waals surface area (Å²) in [4.78, 5) is 0. The Hall–Kier alpha value is -0.180. The van der Waals surface area contributed by atoms with Crippen molar-refractivity contribution in [1.29, 1.82) is 0 Å². The molecule has 0 aliphatic heterocycles. The van der Waals surface area contributed by atoms with Crippen LogP contribution in [0.1, 0.15) is 44.7 Å². The molecule has 1 aliphatic carbocycles. The quantitative estimate of drug-likeness (QED) is 0.843. The van der Waals surface area contributed by atoms with Gasteiger partial charge in [-0.05, 0) is 43.2 Å². The van der Waals surface area contributed by atoms with Crippen LogP contribution in [0.2, 0.25) is 5.02 Å². The first-order valence-corrected chi connectivity index (χ1v) is 8.26. The van der Waals surface area contributed by atoms with Crippen LogP contribution in [0.4, 0.5) is 0 Å². The minimum absolute atomic E-state index is 0.381. The van der Waals surface area contributed by atoms with E-state index in [1.165, 1.54) is 30.6 Å². The van der Waals surface area contributed by atoms with Crippen LogP contribution < -0.4 is 5.32 Å². The third-order valence-corrected chi connectivity index (χ3v) is 5.21. The Labute approximate surface area is 120 Å². The third-order valence-electron chi connectivity index (χ3n) is 3.65. The summed E-state index contributed by atoms with van der Waals surface area (Å²) in [6.45, 7) is 4.48. The molecule has 1 nitrogen and oxygen atoms in total. The van der Waals surface area contributed by atoms with Gasteiger partial charge in [-0.1, -0.05) is 37.1 Å². The van der Waals surface area contributed by atoms with E-state index in [0.29, 0.717) is 12.1 Å². The zero-order valence-corrected chi connectivity index (χ0v) is 12.7. The van der Waals surface area contributed by atoms with E-state index in [1.807, 2.05) is 12.1 Å². The molecule has 3 heteroatoms. The molecule has 1 saturated carbocycles. The van der Waals surface area contributed by atoms with Gasteiger partial charge >= 0.3 is 0 Å². The molecule has 2 rings (SSSR count). The molecule has 1 N–H and O–H groups in total. The lowest BCUT2D eigenvalue weighted by Crippen LogP contribution is -2.36. The van der Waals surface area contributed by atoms with Gasteiger partial charge in [-0.15, -0.1) is 0 Å². The standard InChI is InChI=1S/C15H22ClNS/c1-3-18-15-9-5-8-14(15)17-11(2)12-6-4-7-13(16)10-12/h4,6-7,10-11,14-15,17H,3,5,8-9H2,1-2H3. The van der Waals surface area contributed by atoms with Crippen molar-refractivity contribution in [3.05, 3.63) is 34.9 Å². The Kier molecular flexibility index (Phi) is 5.40. The fourth-order valence-corrected chi connectivity index (χ4v) is 4.13. The van der Waals surface area contributed by atoms with E-state index in [4.69, 9.17) is 11.6 Å². The van der Waals surface area contributed by atoms with Gasteiger partial charge in [0.15, 0.2) is 0 Å². The number of benzene rings is 1. The fraction of sp³-hybridized carbons (Fsp3) is 0.600. The van der Waals surface area contributed by atoms with Crippen molar-refractivity contribution in [3.8, 4) is 0 Å². The van der Waals surface area contributed by atoms with E-state index < -0.39 is 0 Å². The van der Waals surface area contributed by atoms with Crippen LogP contribution in [0.25, 0.3) is 0 Å². The first kappa shape index (κ1) is 14.2. The third kappa shape index (κ3) is 3.66. The Morgan fingerprint density at radius 1 is 1.44 bits per heavy atom. The zero-order valence-electron chi connectivity index (χ0n) is 11.2. The summed E-state index contributed by atoms with van der Waals surface area (Å²) < 4.78 is 0. The van der Waals surface area contributed by atoms with Gasteiger partial charge in [0.1, 0.15) is 0 Å². The van der Waals surface area contributed by atoms with Crippen LogP contribution in [0.15, 0.2) is 24.3 Å². The molecular weight excluding hydrogens is 262 g/mol. The Balaban J connectivity index is 1.96. The normalized spacial score (nSPS) is 25.3. The predicted molar refractivity (Wildman–Crippen MR) is 82.6 cm³/mol. The minimum atomic E-state index is 0.381. The van der Waals surface area contributed by atoms with Crippen LogP contribution in [0.5, 0.6) is 0 Å². The molecule has 0 bridgehead atoms. The number of nitrogens with one attached hydrogen (secondary N) is 1. The van der Waals surface area contributed by atoms with Gasteiger partial charge in [0, 0.05) is 22.4 Å². The molecule has 0 amide bonds. The Morgan fingerprint density at radius 2 is 2.28 bits per heavy atom. The summed E-state index contributed by atoms with van der Waals surface area (Å²) in [7, 11) is 0. The lowest BCUT2D eigenvalue weighted by Gasteiger charge is -2.25. The topological polar surface area (TPSA) is 12.0 Å². The summed E-state index contributed by atoms with van der Waals surface area (Å²) in [5, 5.41) is 5.39. The highest BCUT2D eigenvalue weighted by atomic mass is 35.5. The maximum absolute atomic E-state index is 6.05. The van der Waals surface area contributed by atoms with Crippen LogP contribution in [-0.4, -0.2) is 17.0 Å². The minimum Gasteiger partial charge on any atom is -0.306 e. The second-order valence-electron chi connectivity index (χ2n) is 4.97. The maximum Gasteiger partial charge on any atom is 0.0409 e. The van der Waals surface area contributed by atoms with Crippen LogP contribution in [0, 0.1) is 0 Å². The highest BCUT2D eigenvalue weighted by Crippen LogP contribution is 2.31. The van der Waals surface area contributed by atoms with E-state index in [-0.39, 0.29) is 0 Å². The van der Waals surface area contributed by atoms with Crippen molar-refractivity contribution in [2.24, 2.45) is 0 Å². The van der Waals surface area contributed by atoms with E-state index in [9.17, 15) is 0 Å². The second-order valence-corrected chi connectivity index (χ2v) is 6.93. The van der Waals surface area contributed by atoms with E-state index >= 15 is 0 Å². The van der Waals surface area contributed by atoms with Crippen molar-refractivity contribution in [3.63, 3.8) is 0 Å². The zero-order chi connectivity index (χ0) is 13.0. The molecule has 0 heterocycles. The summed E-state index contributed by atoms with van der Waals surface area (Å²) in [5.74, 6) is 1.22. The van der Waals surface area contributed by atoms with Gasteiger partial charge in [0.25, 0.3) is 0 Å². The number of hydrogen-bond acceptors (Lipinski definition) is 2. The molecule has 1 aromatic carbocycles. The van der Waals surface area contributed by atoms with Gasteiger partial charge in [0.2, 0.25) is 0 Å². The molecular formula is C15H22ClNS. The maximum atomic E-state index is 6.05. The molecule has 1 aromatic rings. The van der Waals surface area contributed by atoms with Gasteiger partial charge < -0.3 is 5.32 Å². The van der Waals surface area contributed by atoms with E-state index in [1.54, 1.807) is 0 Å². The molecule has 0 aromatic heterocycles. The van der Waals surface area contributed by atoms with E-state index in [0.717, 1.165) is 10.3 Å². The molecule has 3 unspecified atom stereocenters. The molecule has 0 spiro atoms. The van der Waals surface area contributed by atoms with Crippen molar-refractivity contribution < 1.29 is 0 Å². The molecule has 18 heavy (non-hydrogen) atoms. The van der Waals surface area contributed by atoms with Crippen LogP contribution in [-0.2, 0) is 0 Å². The molecule has 1 fully saturated rings. The lowest BCUT2D eigenvalue weighted by molar-refractivity contribution is 0.467. The van der Waals surface area contributed by atoms with Crippen molar-refractivity contribution in [2.45, 2.75) is 50.4 Å². The van der Waals surface area contributed by atoms with E-state index in [2.05, 4.69) is 43.1 Å². The van der Waals surface area contributed by atoms with Crippen molar-refractivity contribution >= 4 is 23.4 Å². The predicted octanol–water partition coefficient (Wildman–Crippen LogP) is 4.66. The lowest BCUT2D eigenvalue weighted by atomic mass is 10.1. The molecule has 1 aliphatic rings. The highest BCUT2D eigenvalue weighted by Gasteiger charge is 2.28. The average molecular weight is 284 g/mol. The van der Waals surface area contributed by atoms with Crippen molar-refractivity contribution in [2.75, 3.05) is 5.75 Å². The number of rotatable bonds is 5. The first-order valence-electron chi connectivity index (χ1n) is 6.84. The molecule has 3 atom stereocenters. The van der Waals surface area contributed by atoms with Gasteiger partial charge in [0.05, 0.1) is 0 Å². The molecule has 0 radical (unpaired) electrons. The largest absolute Gasteiger partial charge is 0.306 e. The summed E-state index contributed by atoms with van der Waals surface area (Å²) >= 11 is 8.15. The van der Waals surface area contributed by atoms with Gasteiger partial charge in [-0.2, -0.15) is 11.8 Å². The average Bonchev–Trinajstić information content (AvgIpc) is 2.77. The second kappa shape index (κ2) is 6.83.